The van der Waals surface area contributed by atoms with E-state index >= 15 is 0 Å². The van der Waals surface area contributed by atoms with E-state index in [2.05, 4.69) is 0 Å². The molecule has 5 N–H and O–H groups in total. The van der Waals surface area contributed by atoms with Crippen LogP contribution >= 0.6 is 0 Å². The number of ether oxygens (including phenoxy) is 1. The lowest BCUT2D eigenvalue weighted by Crippen LogP contribution is -2.56. The average Bonchev–Trinajstić information content (AvgIpc) is 3.34. The van der Waals surface area contributed by atoms with Crippen LogP contribution < -0.4 is 5.73 Å². The number of hydrogen-bond acceptors (Lipinski definition) is 7. The first-order chi connectivity index (χ1) is 17.0. The van der Waals surface area contributed by atoms with E-state index < -0.39 is 34.3 Å². The highest BCUT2D eigenvalue weighted by atomic mass is 32.2. The molecule has 1 heterocycles. The molecule has 10 nitrogen and oxygen atoms in total. The van der Waals surface area contributed by atoms with Crippen LogP contribution in [0.3, 0.4) is 0 Å². The van der Waals surface area contributed by atoms with E-state index in [1.165, 1.54) is 23.1 Å². The summed E-state index contributed by atoms with van der Waals surface area (Å²) in [6, 6.07) is 11.4. The molecule has 2 aromatic carbocycles. The topological polar surface area (TPSA) is 154 Å². The number of carbonyl (C=O) groups is 1. The van der Waals surface area contributed by atoms with Crippen molar-refractivity contribution in [2.75, 3.05) is 32.0 Å². The summed E-state index contributed by atoms with van der Waals surface area (Å²) in [5.41, 5.74) is 6.46. The third-order valence-corrected chi connectivity index (χ3v) is 8.03. The summed E-state index contributed by atoms with van der Waals surface area (Å²) in [4.78, 5) is 13.5. The van der Waals surface area contributed by atoms with Gasteiger partial charge < -0.3 is 25.8 Å². The van der Waals surface area contributed by atoms with Gasteiger partial charge in [0.25, 0.3) is 0 Å². The van der Waals surface area contributed by atoms with Gasteiger partial charge in [0.15, 0.2) is 0 Å². The molecule has 1 fully saturated rings. The maximum absolute atomic E-state index is 13.5. The molecule has 1 amide bonds. The number of nitrogen functional groups attached to an aromatic ring is 1. The first-order valence-electron chi connectivity index (χ1n) is 11.9. The smallest absolute Gasteiger partial charge is 0.407 e. The number of rotatable bonds is 11. The first-order valence-corrected chi connectivity index (χ1v) is 13.3. The third kappa shape index (κ3) is 6.67. The van der Waals surface area contributed by atoms with Gasteiger partial charge in [0.1, 0.15) is 5.75 Å². The zero-order valence-corrected chi connectivity index (χ0v) is 21.3. The number of aromatic hydroxyl groups is 1. The lowest BCUT2D eigenvalue weighted by atomic mass is 9.97. The van der Waals surface area contributed by atoms with Gasteiger partial charge in [-0.25, -0.2) is 13.2 Å². The van der Waals surface area contributed by atoms with Gasteiger partial charge in [0.2, 0.25) is 10.0 Å². The van der Waals surface area contributed by atoms with Crippen LogP contribution in [-0.4, -0.2) is 83.5 Å². The van der Waals surface area contributed by atoms with Crippen LogP contribution in [0, 0.1) is 5.92 Å². The molecule has 36 heavy (non-hydrogen) atoms. The predicted octanol–water partition coefficient (Wildman–Crippen LogP) is 2.36. The Balaban J connectivity index is 1.96. The molecular weight excluding hydrogens is 486 g/mol. The van der Waals surface area contributed by atoms with Crippen LogP contribution in [0.1, 0.15) is 25.8 Å². The molecule has 3 rings (SSSR count). The molecule has 1 saturated heterocycles. The number of aliphatic hydroxyl groups is 1. The molecular formula is C25H35N3O7S. The van der Waals surface area contributed by atoms with Crippen molar-refractivity contribution in [2.45, 2.75) is 49.8 Å². The minimum absolute atomic E-state index is 0.0761. The third-order valence-electron chi connectivity index (χ3n) is 6.21. The molecule has 0 unspecified atom stereocenters. The molecule has 2 aromatic rings. The van der Waals surface area contributed by atoms with Crippen LogP contribution in [0.25, 0.3) is 0 Å². The Morgan fingerprint density at radius 2 is 1.86 bits per heavy atom. The normalized spacial score (nSPS) is 17.9. The first kappa shape index (κ1) is 27.7. The molecule has 1 aliphatic heterocycles. The maximum Gasteiger partial charge on any atom is 0.407 e. The SMILES string of the molecule is CC(C)CN(C[C@@H](O)[C@H](Cc1ccccc1)N(C(=O)O)[C@H]1CCOC1)S(=O)(=O)c1ccc(O)c(N)c1. The lowest BCUT2D eigenvalue weighted by molar-refractivity contribution is 0.0163. The number of benzene rings is 2. The Kier molecular flexibility index (Phi) is 9.18. The highest BCUT2D eigenvalue weighted by molar-refractivity contribution is 7.89. The van der Waals surface area contributed by atoms with Crippen molar-refractivity contribution in [1.29, 1.82) is 0 Å². The second kappa shape index (κ2) is 11.9. The van der Waals surface area contributed by atoms with E-state index in [0.29, 0.717) is 13.0 Å². The Morgan fingerprint density at radius 1 is 1.17 bits per heavy atom. The minimum atomic E-state index is -4.11. The van der Waals surface area contributed by atoms with Gasteiger partial charge in [-0.05, 0) is 42.5 Å². The highest BCUT2D eigenvalue weighted by Gasteiger charge is 2.39. The standard InChI is InChI=1S/C25H35N3O7S/c1-17(2)14-27(36(33,34)20-8-9-23(29)21(26)13-20)15-24(30)22(12-18-6-4-3-5-7-18)28(25(31)32)19-10-11-35-16-19/h3-9,13,17,19,22,24,29-30H,10-12,14-16,26H2,1-2H3,(H,31,32)/t19-,22-,24+/m0/s1. The fourth-order valence-corrected chi connectivity index (χ4v) is 6.09. The van der Waals surface area contributed by atoms with Crippen molar-refractivity contribution < 1.29 is 33.3 Å². The van der Waals surface area contributed by atoms with E-state index in [0.717, 1.165) is 9.87 Å². The number of aliphatic hydroxyl groups excluding tert-OH is 1. The summed E-state index contributed by atoms with van der Waals surface area (Å²) in [6.45, 7) is 4.10. The number of nitrogens with two attached hydrogens (primary N) is 1. The van der Waals surface area contributed by atoms with Crippen LogP contribution in [0.2, 0.25) is 0 Å². The monoisotopic (exact) mass is 521 g/mol. The summed E-state index contributed by atoms with van der Waals surface area (Å²) < 4.78 is 33.6. The molecule has 11 heteroatoms. The second-order valence-electron chi connectivity index (χ2n) is 9.47. The number of nitrogens with zero attached hydrogens (tertiary/aromatic N) is 2. The average molecular weight is 522 g/mol. The number of phenols is 1. The second-order valence-corrected chi connectivity index (χ2v) is 11.4. The van der Waals surface area contributed by atoms with E-state index in [1.54, 1.807) is 0 Å². The molecule has 0 aliphatic carbocycles. The summed E-state index contributed by atoms with van der Waals surface area (Å²) in [6.07, 6.45) is -1.84. The van der Waals surface area contributed by atoms with Crippen molar-refractivity contribution in [2.24, 2.45) is 5.92 Å². The molecule has 0 spiro atoms. The van der Waals surface area contributed by atoms with Crippen molar-refractivity contribution in [1.82, 2.24) is 9.21 Å². The minimum Gasteiger partial charge on any atom is -0.506 e. The molecule has 0 saturated carbocycles. The van der Waals surface area contributed by atoms with Crippen LogP contribution in [-0.2, 0) is 21.2 Å². The Morgan fingerprint density at radius 3 is 2.42 bits per heavy atom. The van der Waals surface area contributed by atoms with E-state index in [1.807, 2.05) is 44.2 Å². The number of carboxylic acid groups (broad SMARTS) is 1. The highest BCUT2D eigenvalue weighted by Crippen LogP contribution is 2.27. The van der Waals surface area contributed by atoms with Gasteiger partial charge in [-0.2, -0.15) is 4.31 Å². The van der Waals surface area contributed by atoms with Gasteiger partial charge in [0, 0.05) is 19.7 Å². The number of hydrogen-bond donors (Lipinski definition) is 4. The lowest BCUT2D eigenvalue weighted by Gasteiger charge is -2.38. The number of amides is 1. The van der Waals surface area contributed by atoms with Gasteiger partial charge in [-0.1, -0.05) is 44.2 Å². The maximum atomic E-state index is 13.5. The quantitative estimate of drug-likeness (QED) is 0.260. The summed E-state index contributed by atoms with van der Waals surface area (Å²) >= 11 is 0. The van der Waals surface area contributed by atoms with Crippen molar-refractivity contribution in [3.8, 4) is 5.75 Å². The molecule has 198 valence electrons. The predicted molar refractivity (Wildman–Crippen MR) is 135 cm³/mol. The zero-order chi connectivity index (χ0) is 26.5. The summed E-state index contributed by atoms with van der Waals surface area (Å²) in [7, 11) is -4.11. The molecule has 0 aromatic heterocycles. The summed E-state index contributed by atoms with van der Waals surface area (Å²) in [5.74, 6) is -0.309. The van der Waals surface area contributed by atoms with Crippen molar-refractivity contribution >= 4 is 21.8 Å². The molecule has 0 radical (unpaired) electrons. The van der Waals surface area contributed by atoms with E-state index in [9.17, 15) is 28.5 Å². The van der Waals surface area contributed by atoms with Gasteiger partial charge >= 0.3 is 6.09 Å². The molecule has 1 aliphatic rings. The number of sulfonamides is 1. The van der Waals surface area contributed by atoms with E-state index in [4.69, 9.17) is 10.5 Å². The van der Waals surface area contributed by atoms with Gasteiger partial charge in [0.05, 0.1) is 35.4 Å². The number of anilines is 1. The van der Waals surface area contributed by atoms with Crippen LogP contribution in [0.5, 0.6) is 5.75 Å². The van der Waals surface area contributed by atoms with Crippen molar-refractivity contribution in [3.63, 3.8) is 0 Å². The van der Waals surface area contributed by atoms with Crippen LogP contribution in [0.15, 0.2) is 53.4 Å². The van der Waals surface area contributed by atoms with Gasteiger partial charge in [-0.15, -0.1) is 0 Å². The fourth-order valence-electron chi connectivity index (χ4n) is 4.44. The van der Waals surface area contributed by atoms with Crippen LogP contribution in [0.4, 0.5) is 10.5 Å². The largest absolute Gasteiger partial charge is 0.506 e. The molecule has 0 bridgehead atoms. The zero-order valence-electron chi connectivity index (χ0n) is 20.5. The van der Waals surface area contributed by atoms with Crippen molar-refractivity contribution in [3.05, 3.63) is 54.1 Å². The Bertz CT molecular complexity index is 1120. The summed E-state index contributed by atoms with van der Waals surface area (Å²) in [5, 5.41) is 31.2. The number of phenolic OH excluding ortho intramolecular Hbond substituents is 1. The fraction of sp³-hybridized carbons (Fsp3) is 0.480. The van der Waals surface area contributed by atoms with Gasteiger partial charge in [-0.3, -0.25) is 4.90 Å². The van der Waals surface area contributed by atoms with E-state index in [-0.39, 0.29) is 48.4 Å². The molecule has 3 atom stereocenters. The Labute approximate surface area is 212 Å². The Hall–Kier alpha value is -2.86.